The Bertz CT molecular complexity index is 1270. The van der Waals surface area contributed by atoms with Crippen molar-refractivity contribution in [3.8, 4) is 0 Å². The van der Waals surface area contributed by atoms with Crippen molar-refractivity contribution >= 4 is 28.2 Å². The van der Waals surface area contributed by atoms with E-state index < -0.39 is 6.23 Å². The van der Waals surface area contributed by atoms with Gasteiger partial charge >= 0.3 is 0 Å². The lowest BCUT2D eigenvalue weighted by atomic mass is 10.1. The van der Waals surface area contributed by atoms with E-state index in [-0.39, 0.29) is 12.3 Å². The van der Waals surface area contributed by atoms with Gasteiger partial charge in [0.2, 0.25) is 11.0 Å². The maximum atomic E-state index is 12.3. The molecule has 0 saturated heterocycles. The third kappa shape index (κ3) is 8.71. The number of aliphatic hydroxyl groups is 1. The molecular weight excluding hydrogens is 486 g/mol. The Morgan fingerprint density at radius 1 is 0.892 bits per heavy atom. The normalized spacial score (nSPS) is 11.7. The first kappa shape index (κ1) is 26.3. The summed E-state index contributed by atoms with van der Waals surface area (Å²) in [6.45, 7) is 0.448. The van der Waals surface area contributed by atoms with Crippen LogP contribution in [0.4, 0.5) is 10.9 Å². The molecule has 2 heterocycles. The van der Waals surface area contributed by atoms with Crippen molar-refractivity contribution in [3.05, 3.63) is 94.1 Å². The quantitative estimate of drug-likeness (QED) is 0.156. The molecule has 0 radical (unpaired) electrons. The van der Waals surface area contributed by atoms with Gasteiger partial charge in [-0.15, -0.1) is 15.3 Å². The highest BCUT2D eigenvalue weighted by molar-refractivity contribution is 7.15. The van der Waals surface area contributed by atoms with Gasteiger partial charge in [-0.05, 0) is 48.1 Å². The molecule has 2 aromatic heterocycles. The summed E-state index contributed by atoms with van der Waals surface area (Å²) in [5.74, 6) is 0.420. The van der Waals surface area contributed by atoms with Gasteiger partial charge in [0.05, 0.1) is 12.1 Å². The molecule has 0 saturated carbocycles. The highest BCUT2D eigenvalue weighted by Crippen LogP contribution is 2.18. The molecule has 5 N–H and O–H groups in total. The van der Waals surface area contributed by atoms with Crippen LogP contribution in [0, 0.1) is 0 Å². The minimum absolute atomic E-state index is 0.124. The van der Waals surface area contributed by atoms with Gasteiger partial charge in [0.15, 0.2) is 5.82 Å². The van der Waals surface area contributed by atoms with Gasteiger partial charge in [0.25, 0.3) is 0 Å². The molecule has 4 aromatic rings. The van der Waals surface area contributed by atoms with Gasteiger partial charge in [-0.25, -0.2) is 0 Å². The average Bonchev–Trinajstić information content (AvgIpc) is 3.35. The lowest BCUT2D eigenvalue weighted by Crippen LogP contribution is -2.22. The third-order valence-electron chi connectivity index (χ3n) is 5.68. The molecule has 4 rings (SSSR count). The standard InChI is InChI=1S/C27H31N7O2S/c28-18-21-10-6-9-20(15-21)17-25(36)30-27-34-33-26(37-27)12-5-4-11-22-13-14-23(32-31-22)29-24(35)16-19-7-2-1-3-8-19/h1-3,6-10,13-15,24,35H,4-5,11-12,16-18,28H2,(H,29,32)(H,30,34,36). The van der Waals surface area contributed by atoms with Crippen LogP contribution in [-0.4, -0.2) is 37.6 Å². The number of carbonyl (C=O) groups is 1. The summed E-state index contributed by atoms with van der Waals surface area (Å²) in [5.41, 5.74) is 9.53. The maximum absolute atomic E-state index is 12.3. The second-order valence-electron chi connectivity index (χ2n) is 8.72. The summed E-state index contributed by atoms with van der Waals surface area (Å²) in [4.78, 5) is 12.3. The smallest absolute Gasteiger partial charge is 0.230 e. The van der Waals surface area contributed by atoms with Crippen molar-refractivity contribution in [3.63, 3.8) is 0 Å². The van der Waals surface area contributed by atoms with Crippen molar-refractivity contribution in [2.75, 3.05) is 10.6 Å². The number of aryl methyl sites for hydroxylation is 2. The number of unbranched alkanes of at least 4 members (excludes halogenated alkanes) is 1. The Morgan fingerprint density at radius 2 is 1.68 bits per heavy atom. The van der Waals surface area contributed by atoms with Crippen LogP contribution in [0.25, 0.3) is 0 Å². The monoisotopic (exact) mass is 517 g/mol. The molecule has 0 aliphatic carbocycles. The Morgan fingerprint density at radius 3 is 2.46 bits per heavy atom. The SMILES string of the molecule is NCc1cccc(CC(=O)Nc2nnc(CCCCc3ccc(NC(O)Cc4ccccc4)nn3)s2)c1. The number of amides is 1. The van der Waals surface area contributed by atoms with Crippen molar-refractivity contribution in [1.29, 1.82) is 0 Å². The number of rotatable bonds is 13. The third-order valence-corrected chi connectivity index (χ3v) is 6.58. The highest BCUT2D eigenvalue weighted by Gasteiger charge is 2.10. The molecule has 0 fully saturated rings. The van der Waals surface area contributed by atoms with Gasteiger partial charge in [-0.3, -0.25) is 4.79 Å². The van der Waals surface area contributed by atoms with E-state index in [1.54, 1.807) is 0 Å². The number of benzene rings is 2. The molecule has 10 heteroatoms. The number of nitrogens with two attached hydrogens (primary N) is 1. The van der Waals surface area contributed by atoms with Crippen LogP contribution in [0.5, 0.6) is 0 Å². The lowest BCUT2D eigenvalue weighted by molar-refractivity contribution is -0.115. The van der Waals surface area contributed by atoms with E-state index in [9.17, 15) is 9.90 Å². The number of anilines is 2. The Hall–Kier alpha value is -3.73. The highest BCUT2D eigenvalue weighted by atomic mass is 32.1. The molecule has 0 spiro atoms. The van der Waals surface area contributed by atoms with Crippen molar-refractivity contribution in [2.24, 2.45) is 5.73 Å². The van der Waals surface area contributed by atoms with E-state index >= 15 is 0 Å². The zero-order chi connectivity index (χ0) is 25.9. The number of hydrogen-bond donors (Lipinski definition) is 4. The van der Waals surface area contributed by atoms with Crippen molar-refractivity contribution in [1.82, 2.24) is 20.4 Å². The lowest BCUT2D eigenvalue weighted by Gasteiger charge is -2.13. The molecule has 2 aromatic carbocycles. The average molecular weight is 518 g/mol. The molecule has 0 bridgehead atoms. The van der Waals surface area contributed by atoms with E-state index in [2.05, 4.69) is 31.0 Å². The van der Waals surface area contributed by atoms with Crippen LogP contribution < -0.4 is 16.4 Å². The van der Waals surface area contributed by atoms with Crippen molar-refractivity contribution in [2.45, 2.75) is 51.3 Å². The van der Waals surface area contributed by atoms with Gasteiger partial charge < -0.3 is 21.5 Å². The summed E-state index contributed by atoms with van der Waals surface area (Å²) >= 11 is 1.40. The second kappa shape index (κ2) is 13.5. The molecule has 0 aliphatic rings. The fourth-order valence-corrected chi connectivity index (χ4v) is 4.63. The van der Waals surface area contributed by atoms with Gasteiger partial charge in [-0.2, -0.15) is 5.10 Å². The van der Waals surface area contributed by atoms with E-state index in [1.165, 1.54) is 11.3 Å². The van der Waals surface area contributed by atoms with E-state index in [1.807, 2.05) is 66.7 Å². The van der Waals surface area contributed by atoms with Crippen LogP contribution in [0.15, 0.2) is 66.7 Å². The first-order valence-corrected chi connectivity index (χ1v) is 13.1. The van der Waals surface area contributed by atoms with Crippen molar-refractivity contribution < 1.29 is 9.90 Å². The molecule has 192 valence electrons. The van der Waals surface area contributed by atoms with Crippen LogP contribution in [0.3, 0.4) is 0 Å². The zero-order valence-electron chi connectivity index (χ0n) is 20.5. The number of hydrogen-bond acceptors (Lipinski definition) is 9. The van der Waals surface area contributed by atoms with E-state index in [0.29, 0.717) is 23.9 Å². The number of carbonyl (C=O) groups excluding carboxylic acids is 1. The Labute approximate surface area is 220 Å². The molecule has 0 aliphatic heterocycles. The largest absolute Gasteiger partial charge is 0.373 e. The topological polar surface area (TPSA) is 139 Å². The van der Waals surface area contributed by atoms with Crippen LogP contribution >= 0.6 is 11.3 Å². The minimum Gasteiger partial charge on any atom is -0.373 e. The number of nitrogens with one attached hydrogen (secondary N) is 2. The van der Waals surface area contributed by atoms with Crippen LogP contribution in [-0.2, 0) is 37.0 Å². The van der Waals surface area contributed by atoms with Gasteiger partial charge in [0.1, 0.15) is 11.2 Å². The molecule has 1 atom stereocenters. The number of aliphatic hydroxyl groups excluding tert-OH is 1. The Kier molecular flexibility index (Phi) is 9.64. The summed E-state index contributed by atoms with van der Waals surface area (Å²) < 4.78 is 0. The molecule has 37 heavy (non-hydrogen) atoms. The first-order valence-electron chi connectivity index (χ1n) is 12.3. The fraction of sp³-hybridized carbons (Fsp3) is 0.296. The number of nitrogens with zero attached hydrogens (tertiary/aromatic N) is 4. The minimum atomic E-state index is -0.730. The van der Waals surface area contributed by atoms with Crippen LogP contribution in [0.2, 0.25) is 0 Å². The predicted octanol–water partition coefficient (Wildman–Crippen LogP) is 3.51. The first-order chi connectivity index (χ1) is 18.1. The van der Waals surface area contributed by atoms with Crippen LogP contribution in [0.1, 0.15) is 40.2 Å². The van der Waals surface area contributed by atoms with Gasteiger partial charge in [-0.1, -0.05) is 65.9 Å². The zero-order valence-corrected chi connectivity index (χ0v) is 21.3. The molecular formula is C27H31N7O2S. The van der Waals surface area contributed by atoms with E-state index in [4.69, 9.17) is 5.73 Å². The number of aromatic nitrogens is 4. The summed E-state index contributed by atoms with van der Waals surface area (Å²) in [6.07, 6.45) is 3.46. The van der Waals surface area contributed by atoms with E-state index in [0.717, 1.165) is 53.1 Å². The maximum Gasteiger partial charge on any atom is 0.230 e. The predicted molar refractivity (Wildman–Crippen MR) is 145 cm³/mol. The molecule has 9 nitrogen and oxygen atoms in total. The Balaban J connectivity index is 1.15. The fourth-order valence-electron chi connectivity index (χ4n) is 3.83. The summed E-state index contributed by atoms with van der Waals surface area (Å²) in [5, 5.41) is 34.2. The molecule has 1 unspecified atom stereocenters. The van der Waals surface area contributed by atoms with Gasteiger partial charge in [0, 0.05) is 19.4 Å². The summed E-state index contributed by atoms with van der Waals surface area (Å²) in [6, 6.07) is 21.3. The second-order valence-corrected chi connectivity index (χ2v) is 9.78. The molecule has 1 amide bonds. The summed E-state index contributed by atoms with van der Waals surface area (Å²) in [7, 11) is 0.